The Morgan fingerprint density at radius 2 is 1.17 bits per heavy atom. The third-order valence-electron chi connectivity index (χ3n) is 9.09. The van der Waals surface area contributed by atoms with Crippen LogP contribution in [0.25, 0.3) is 0 Å². The topological polar surface area (TPSA) is 36.9 Å². The highest BCUT2D eigenvalue weighted by Crippen LogP contribution is 2.47. The average molecular weight is 583 g/mol. The van der Waals surface area contributed by atoms with Gasteiger partial charge in [-0.3, -0.25) is 0 Å². The van der Waals surface area contributed by atoms with Gasteiger partial charge in [0.1, 0.15) is 23.9 Å². The fraction of sp³-hybridized carbons (Fsp3) is 0.405. The molecule has 0 saturated carbocycles. The number of ether oxygens (including phenoxy) is 3. The fourth-order valence-corrected chi connectivity index (χ4v) is 9.44. The third kappa shape index (κ3) is 7.04. The standard InChI is InChI=1S/C37H46O4Si/c1-4-42(5-2,6-3)41-37-26-16-23-33(37)24-25-34(38-27-30-17-10-7-11-18-30)35(39-28-31-19-12-8-13-20-31)36(37)40-29-32-21-14-9-15-22-32/h7-15,17-25,34-36H,4-6,16,26-29H2,1-3H3/t34-,35+,36-,37+/m1/s1. The van der Waals surface area contributed by atoms with E-state index in [1.54, 1.807) is 0 Å². The first-order chi connectivity index (χ1) is 20.6. The highest BCUT2D eigenvalue weighted by atomic mass is 28.4. The summed E-state index contributed by atoms with van der Waals surface area (Å²) in [5.74, 6) is 0. The van der Waals surface area contributed by atoms with Crippen LogP contribution in [0, 0.1) is 0 Å². The van der Waals surface area contributed by atoms with E-state index in [1.165, 1.54) is 5.57 Å². The normalized spacial score (nSPS) is 23.8. The minimum atomic E-state index is -2.03. The van der Waals surface area contributed by atoms with Gasteiger partial charge in [-0.25, -0.2) is 0 Å². The summed E-state index contributed by atoms with van der Waals surface area (Å²) in [6.45, 7) is 8.36. The van der Waals surface area contributed by atoms with Gasteiger partial charge in [-0.05, 0) is 53.2 Å². The smallest absolute Gasteiger partial charge is 0.193 e. The number of rotatable bonds is 14. The van der Waals surface area contributed by atoms with E-state index in [-0.39, 0.29) is 18.3 Å². The molecule has 0 aromatic heterocycles. The van der Waals surface area contributed by atoms with Gasteiger partial charge >= 0.3 is 0 Å². The lowest BCUT2D eigenvalue weighted by Crippen LogP contribution is -2.59. The first-order valence-corrected chi connectivity index (χ1v) is 18.2. The van der Waals surface area contributed by atoms with Crippen molar-refractivity contribution in [2.24, 2.45) is 0 Å². The number of hydrogen-bond acceptors (Lipinski definition) is 4. The van der Waals surface area contributed by atoms with Gasteiger partial charge in [0.25, 0.3) is 0 Å². The highest BCUT2D eigenvalue weighted by molar-refractivity contribution is 6.73. The van der Waals surface area contributed by atoms with Crippen molar-refractivity contribution in [3.63, 3.8) is 0 Å². The lowest BCUT2D eigenvalue weighted by atomic mass is 9.86. The molecule has 42 heavy (non-hydrogen) atoms. The van der Waals surface area contributed by atoms with Crippen LogP contribution in [0.3, 0.4) is 0 Å². The zero-order chi connectivity index (χ0) is 29.3. The minimum Gasteiger partial charge on any atom is -0.405 e. The summed E-state index contributed by atoms with van der Waals surface area (Å²) in [7, 11) is -2.03. The molecule has 4 atom stereocenters. The molecular weight excluding hydrogens is 536 g/mol. The van der Waals surface area contributed by atoms with E-state index < -0.39 is 13.9 Å². The fourth-order valence-electron chi connectivity index (χ4n) is 6.40. The molecule has 5 rings (SSSR count). The zero-order valence-corrected chi connectivity index (χ0v) is 26.4. The van der Waals surface area contributed by atoms with Gasteiger partial charge in [-0.2, -0.15) is 0 Å². The molecule has 0 bridgehead atoms. The molecule has 3 aromatic carbocycles. The van der Waals surface area contributed by atoms with Gasteiger partial charge < -0.3 is 18.6 Å². The van der Waals surface area contributed by atoms with Crippen LogP contribution in [0.2, 0.25) is 18.1 Å². The maximum Gasteiger partial charge on any atom is 0.193 e. The summed E-state index contributed by atoms with van der Waals surface area (Å²) in [6.07, 6.45) is 7.62. The number of hydrogen-bond donors (Lipinski definition) is 0. The molecule has 5 heteroatoms. The average Bonchev–Trinajstić information content (AvgIpc) is 3.41. The van der Waals surface area contributed by atoms with E-state index in [9.17, 15) is 0 Å². The Kier molecular flexibility index (Phi) is 10.6. The van der Waals surface area contributed by atoms with E-state index in [1.807, 2.05) is 18.2 Å². The van der Waals surface area contributed by atoms with Gasteiger partial charge in [0.15, 0.2) is 8.32 Å². The van der Waals surface area contributed by atoms with Crippen molar-refractivity contribution in [3.05, 3.63) is 131 Å². The molecule has 0 fully saturated rings. The third-order valence-corrected chi connectivity index (χ3v) is 13.8. The molecule has 222 valence electrons. The van der Waals surface area contributed by atoms with Crippen LogP contribution in [-0.2, 0) is 38.5 Å². The first kappa shape index (κ1) is 30.6. The second-order valence-electron chi connectivity index (χ2n) is 11.5. The SMILES string of the molecule is CC[Si](CC)(CC)O[C@@]12CCC=C1C=C[C@@H](OCc1ccccc1)[C@H](OCc1ccccc1)[C@H]2OCc1ccccc1. The molecule has 4 nitrogen and oxygen atoms in total. The van der Waals surface area contributed by atoms with Gasteiger partial charge in [0.2, 0.25) is 0 Å². The van der Waals surface area contributed by atoms with Crippen LogP contribution in [-0.4, -0.2) is 32.2 Å². The summed E-state index contributed by atoms with van der Waals surface area (Å²) in [6, 6.07) is 34.4. The Bertz CT molecular complexity index is 1280. The maximum atomic E-state index is 7.57. The van der Waals surface area contributed by atoms with E-state index >= 15 is 0 Å². The summed E-state index contributed by atoms with van der Waals surface area (Å²) in [5.41, 5.74) is 4.05. The lowest BCUT2D eigenvalue weighted by Gasteiger charge is -2.48. The molecule has 0 saturated heterocycles. The van der Waals surface area contributed by atoms with Gasteiger partial charge in [0, 0.05) is 0 Å². The molecule has 0 spiro atoms. The lowest BCUT2D eigenvalue weighted by molar-refractivity contribution is -0.184. The molecule has 0 radical (unpaired) electrons. The van der Waals surface area contributed by atoms with Crippen LogP contribution in [0.5, 0.6) is 0 Å². The summed E-state index contributed by atoms with van der Waals surface area (Å²) in [5, 5.41) is 0. The second kappa shape index (κ2) is 14.6. The van der Waals surface area contributed by atoms with E-state index in [0.29, 0.717) is 19.8 Å². The second-order valence-corrected chi connectivity index (χ2v) is 16.2. The molecule has 3 aromatic rings. The van der Waals surface area contributed by atoms with Crippen LogP contribution in [0.15, 0.2) is 115 Å². The largest absolute Gasteiger partial charge is 0.405 e. The predicted molar refractivity (Wildman–Crippen MR) is 173 cm³/mol. The van der Waals surface area contributed by atoms with Gasteiger partial charge in [-0.15, -0.1) is 0 Å². The molecular formula is C37H46O4Si. The molecule has 0 unspecified atom stereocenters. The Balaban J connectivity index is 1.55. The van der Waals surface area contributed by atoms with E-state index in [0.717, 1.165) is 47.7 Å². The molecule has 0 N–H and O–H groups in total. The molecule has 0 aliphatic heterocycles. The van der Waals surface area contributed by atoms with Crippen LogP contribution in [0.1, 0.15) is 50.3 Å². The van der Waals surface area contributed by atoms with E-state index in [4.69, 9.17) is 18.6 Å². The number of fused-ring (bicyclic) bond motifs is 1. The van der Waals surface area contributed by atoms with Crippen LogP contribution < -0.4 is 0 Å². The number of benzene rings is 3. The maximum absolute atomic E-state index is 7.57. The Labute approximate surface area is 253 Å². The van der Waals surface area contributed by atoms with Crippen LogP contribution >= 0.6 is 0 Å². The van der Waals surface area contributed by atoms with Crippen molar-refractivity contribution in [1.82, 2.24) is 0 Å². The Morgan fingerprint density at radius 3 is 1.69 bits per heavy atom. The van der Waals surface area contributed by atoms with E-state index in [2.05, 4.69) is 112 Å². The highest BCUT2D eigenvalue weighted by Gasteiger charge is 2.55. The summed E-state index contributed by atoms with van der Waals surface area (Å²) in [4.78, 5) is 0. The zero-order valence-electron chi connectivity index (χ0n) is 25.4. The predicted octanol–water partition coefficient (Wildman–Crippen LogP) is 8.79. The minimum absolute atomic E-state index is 0.303. The monoisotopic (exact) mass is 582 g/mol. The van der Waals surface area contributed by atoms with Crippen LogP contribution in [0.4, 0.5) is 0 Å². The molecule has 2 aliphatic rings. The quantitative estimate of drug-likeness (QED) is 0.178. The Hall–Kier alpha value is -2.80. The molecule has 0 heterocycles. The summed E-state index contributed by atoms with van der Waals surface area (Å²) < 4.78 is 28.2. The van der Waals surface area contributed by atoms with Crippen molar-refractivity contribution in [2.75, 3.05) is 0 Å². The van der Waals surface area contributed by atoms with Crippen molar-refractivity contribution in [2.45, 2.75) is 95.5 Å². The van der Waals surface area contributed by atoms with Crippen molar-refractivity contribution >= 4 is 8.32 Å². The van der Waals surface area contributed by atoms with Crippen molar-refractivity contribution in [1.29, 1.82) is 0 Å². The van der Waals surface area contributed by atoms with Gasteiger partial charge in [-0.1, -0.05) is 130 Å². The first-order valence-electron chi connectivity index (χ1n) is 15.7. The molecule has 2 aliphatic carbocycles. The van der Waals surface area contributed by atoms with Gasteiger partial charge in [0.05, 0.1) is 19.8 Å². The summed E-state index contributed by atoms with van der Waals surface area (Å²) >= 11 is 0. The van der Waals surface area contributed by atoms with Crippen molar-refractivity contribution in [3.8, 4) is 0 Å². The number of allylic oxidation sites excluding steroid dienone is 1. The molecule has 0 amide bonds. The van der Waals surface area contributed by atoms with Crippen molar-refractivity contribution < 1.29 is 18.6 Å². The Morgan fingerprint density at radius 1 is 0.667 bits per heavy atom.